The molecule has 154 valence electrons. The highest BCUT2D eigenvalue weighted by Crippen LogP contribution is 2.32. The van der Waals surface area contributed by atoms with E-state index in [0.29, 0.717) is 11.3 Å². The number of anilines is 1. The van der Waals surface area contributed by atoms with E-state index in [0.717, 1.165) is 41.8 Å². The average molecular weight is 423 g/mol. The Hall–Kier alpha value is -2.47. The van der Waals surface area contributed by atoms with Crippen LogP contribution >= 0.6 is 12.4 Å². The monoisotopic (exact) mass is 422 g/mol. The maximum atomic E-state index is 12.9. The molecule has 3 aromatic rings. The topological polar surface area (TPSA) is 25.4 Å². The Balaban J connectivity index is 0.00000240. The second kappa shape index (κ2) is 8.49. The molecule has 0 saturated carbocycles. The predicted molar refractivity (Wildman–Crippen MR) is 111 cm³/mol. The lowest BCUT2D eigenvalue weighted by atomic mass is 10.1. The molecule has 0 unspecified atom stereocenters. The Morgan fingerprint density at radius 2 is 1.79 bits per heavy atom. The first-order valence-electron chi connectivity index (χ1n) is 9.35. The van der Waals surface area contributed by atoms with Gasteiger partial charge in [-0.25, -0.2) is 0 Å². The molecule has 2 aromatic carbocycles. The number of alkyl halides is 3. The zero-order chi connectivity index (χ0) is 19.7. The highest BCUT2D eigenvalue weighted by atomic mass is 35.5. The van der Waals surface area contributed by atoms with Gasteiger partial charge in [0.1, 0.15) is 12.4 Å². The van der Waals surface area contributed by atoms with Gasteiger partial charge in [0.2, 0.25) is 0 Å². The maximum Gasteiger partial charge on any atom is 0.416 e. The summed E-state index contributed by atoms with van der Waals surface area (Å²) < 4.78 is 44.3. The van der Waals surface area contributed by atoms with Gasteiger partial charge < -0.3 is 9.64 Å². The number of aryl methyl sites for hydroxylation is 1. The molecule has 0 aliphatic carbocycles. The highest BCUT2D eigenvalue weighted by molar-refractivity contribution is 5.93. The quantitative estimate of drug-likeness (QED) is 0.503. The van der Waals surface area contributed by atoms with Gasteiger partial charge >= 0.3 is 6.18 Å². The second-order valence-electron chi connectivity index (χ2n) is 7.14. The first-order valence-corrected chi connectivity index (χ1v) is 9.35. The number of benzene rings is 2. The van der Waals surface area contributed by atoms with E-state index in [4.69, 9.17) is 4.74 Å². The van der Waals surface area contributed by atoms with Crippen LogP contribution in [0.15, 0.2) is 48.5 Å². The molecule has 4 rings (SSSR count). The molecule has 2 heterocycles. The van der Waals surface area contributed by atoms with E-state index in [-0.39, 0.29) is 19.0 Å². The van der Waals surface area contributed by atoms with Crippen LogP contribution in [0.3, 0.4) is 0 Å². The molecule has 1 aromatic heterocycles. The minimum atomic E-state index is -4.35. The van der Waals surface area contributed by atoms with Gasteiger partial charge in [-0.05, 0) is 55.7 Å². The van der Waals surface area contributed by atoms with Crippen molar-refractivity contribution in [1.29, 1.82) is 0 Å². The van der Waals surface area contributed by atoms with E-state index < -0.39 is 11.7 Å². The average Bonchev–Trinajstić information content (AvgIpc) is 3.19. The third-order valence-electron chi connectivity index (χ3n) is 4.99. The van der Waals surface area contributed by atoms with Crippen molar-refractivity contribution in [3.8, 4) is 5.75 Å². The summed E-state index contributed by atoms with van der Waals surface area (Å²) in [6, 6.07) is 13.0. The van der Waals surface area contributed by atoms with Gasteiger partial charge in [0.25, 0.3) is 0 Å². The second-order valence-corrected chi connectivity index (χ2v) is 7.14. The van der Waals surface area contributed by atoms with Crippen molar-refractivity contribution in [3.05, 3.63) is 65.4 Å². The number of pyridine rings is 1. The van der Waals surface area contributed by atoms with Crippen LogP contribution in [0.1, 0.15) is 29.7 Å². The smallest absolute Gasteiger partial charge is 0.416 e. The molecule has 0 spiro atoms. The fraction of sp³-hybridized carbons (Fsp3) is 0.318. The van der Waals surface area contributed by atoms with Gasteiger partial charge in [-0.1, -0.05) is 12.1 Å². The molecular formula is C22H22ClF3N2O. The van der Waals surface area contributed by atoms with Crippen molar-refractivity contribution in [2.75, 3.05) is 18.0 Å². The minimum absolute atomic E-state index is 0. The molecule has 0 atom stereocenters. The summed E-state index contributed by atoms with van der Waals surface area (Å²) in [5.41, 5.74) is 2.77. The lowest BCUT2D eigenvalue weighted by molar-refractivity contribution is -0.137. The largest absolute Gasteiger partial charge is 0.489 e. The Morgan fingerprint density at radius 3 is 2.52 bits per heavy atom. The van der Waals surface area contributed by atoms with Gasteiger partial charge in [-0.15, -0.1) is 12.4 Å². The third kappa shape index (κ3) is 4.75. The Labute approximate surface area is 173 Å². The molecule has 1 saturated heterocycles. The van der Waals surface area contributed by atoms with Crippen LogP contribution in [-0.2, 0) is 12.8 Å². The number of hydrogen-bond donors (Lipinski definition) is 0. The number of rotatable bonds is 4. The molecular weight excluding hydrogens is 401 g/mol. The van der Waals surface area contributed by atoms with E-state index in [9.17, 15) is 13.2 Å². The summed E-state index contributed by atoms with van der Waals surface area (Å²) in [7, 11) is 0. The molecule has 0 radical (unpaired) electrons. The molecule has 1 aliphatic heterocycles. The zero-order valence-electron chi connectivity index (χ0n) is 16.0. The van der Waals surface area contributed by atoms with Crippen molar-refractivity contribution < 1.29 is 17.9 Å². The predicted octanol–water partition coefficient (Wildman–Crippen LogP) is 6.16. The van der Waals surface area contributed by atoms with Crippen molar-refractivity contribution in [3.63, 3.8) is 0 Å². The van der Waals surface area contributed by atoms with Gasteiger partial charge in [-0.2, -0.15) is 13.2 Å². The Kier molecular flexibility index (Phi) is 6.22. The molecule has 1 fully saturated rings. The zero-order valence-corrected chi connectivity index (χ0v) is 16.8. The van der Waals surface area contributed by atoms with E-state index in [2.05, 4.69) is 16.0 Å². The van der Waals surface area contributed by atoms with E-state index in [1.165, 1.54) is 24.6 Å². The highest BCUT2D eigenvalue weighted by Gasteiger charge is 2.30. The van der Waals surface area contributed by atoms with Crippen LogP contribution in [0.5, 0.6) is 5.75 Å². The first kappa shape index (κ1) is 21.2. The number of aromatic nitrogens is 1. The SMILES string of the molecule is Cc1cc(N2CCCC2)c2ccc(OCc3cccc(C(F)(F)F)c3)cc2n1.Cl. The summed E-state index contributed by atoms with van der Waals surface area (Å²) in [4.78, 5) is 6.99. The van der Waals surface area contributed by atoms with Crippen LogP contribution in [0.25, 0.3) is 10.9 Å². The summed E-state index contributed by atoms with van der Waals surface area (Å²) in [6.07, 6.45) is -1.96. The van der Waals surface area contributed by atoms with E-state index in [1.807, 2.05) is 25.1 Å². The summed E-state index contributed by atoms with van der Waals surface area (Å²) in [6.45, 7) is 4.13. The first-order chi connectivity index (χ1) is 13.4. The van der Waals surface area contributed by atoms with Gasteiger partial charge in [0, 0.05) is 35.9 Å². The molecule has 3 nitrogen and oxygen atoms in total. The number of halogens is 4. The van der Waals surface area contributed by atoms with Crippen LogP contribution < -0.4 is 9.64 Å². The van der Waals surface area contributed by atoms with Crippen LogP contribution in [0, 0.1) is 6.92 Å². The van der Waals surface area contributed by atoms with Crippen molar-refractivity contribution in [1.82, 2.24) is 4.98 Å². The molecule has 0 amide bonds. The fourth-order valence-electron chi connectivity index (χ4n) is 3.63. The standard InChI is InChI=1S/C22H21F3N2O.ClH/c1-15-11-21(27-9-2-3-10-27)19-8-7-18(13-20(19)26-15)28-14-16-5-4-6-17(12-16)22(23,24)25;/h4-8,11-13H,2-3,9-10,14H2,1H3;1H. The third-order valence-corrected chi connectivity index (χ3v) is 4.99. The van der Waals surface area contributed by atoms with Gasteiger partial charge in [-0.3, -0.25) is 4.98 Å². The summed E-state index contributed by atoms with van der Waals surface area (Å²) >= 11 is 0. The van der Waals surface area contributed by atoms with Crippen LogP contribution in [0.4, 0.5) is 18.9 Å². The number of nitrogens with zero attached hydrogens (tertiary/aromatic N) is 2. The van der Waals surface area contributed by atoms with Crippen molar-refractivity contribution >= 4 is 29.0 Å². The van der Waals surface area contributed by atoms with Crippen molar-refractivity contribution in [2.24, 2.45) is 0 Å². The molecule has 0 bridgehead atoms. The fourth-order valence-corrected chi connectivity index (χ4v) is 3.63. The molecule has 0 N–H and O–H groups in total. The van der Waals surface area contributed by atoms with Crippen molar-refractivity contribution in [2.45, 2.75) is 32.5 Å². The number of ether oxygens (including phenoxy) is 1. The lowest BCUT2D eigenvalue weighted by Gasteiger charge is -2.20. The number of hydrogen-bond acceptors (Lipinski definition) is 3. The maximum absolute atomic E-state index is 12.9. The molecule has 1 aliphatic rings. The molecule has 29 heavy (non-hydrogen) atoms. The van der Waals surface area contributed by atoms with E-state index >= 15 is 0 Å². The lowest BCUT2D eigenvalue weighted by Crippen LogP contribution is -2.18. The minimum Gasteiger partial charge on any atom is -0.489 e. The summed E-state index contributed by atoms with van der Waals surface area (Å²) in [5.74, 6) is 0.593. The number of fused-ring (bicyclic) bond motifs is 1. The Morgan fingerprint density at radius 1 is 1.03 bits per heavy atom. The van der Waals surface area contributed by atoms with Gasteiger partial charge in [0.05, 0.1) is 11.1 Å². The Bertz CT molecular complexity index is 1000. The van der Waals surface area contributed by atoms with E-state index in [1.54, 1.807) is 6.07 Å². The summed E-state index contributed by atoms with van der Waals surface area (Å²) in [5, 5.41) is 1.07. The van der Waals surface area contributed by atoms with Gasteiger partial charge in [0.15, 0.2) is 0 Å². The van der Waals surface area contributed by atoms with Crippen LogP contribution in [-0.4, -0.2) is 18.1 Å². The molecule has 7 heteroatoms. The normalized spacial score (nSPS) is 14.1. The van der Waals surface area contributed by atoms with Crippen LogP contribution in [0.2, 0.25) is 0 Å².